The molecule has 1 heterocycles. The average Bonchev–Trinajstić information content (AvgIpc) is 2.52. The molecule has 1 aliphatic rings. The molecule has 0 spiro atoms. The number of amides is 2. The highest BCUT2D eigenvalue weighted by molar-refractivity contribution is 5.78. The molecular weight excluding hydrogens is 204 g/mol. The number of nitrogens with zero attached hydrogens (tertiary/aromatic N) is 2. The van der Waals surface area contributed by atoms with Crippen molar-refractivity contribution in [2.24, 2.45) is 5.92 Å². The molecule has 16 heavy (non-hydrogen) atoms. The van der Waals surface area contributed by atoms with Crippen LogP contribution in [0.25, 0.3) is 0 Å². The Labute approximate surface area is 97.6 Å². The third-order valence-electron chi connectivity index (χ3n) is 3.29. The van der Waals surface area contributed by atoms with Gasteiger partial charge in [-0.2, -0.15) is 0 Å². The van der Waals surface area contributed by atoms with E-state index in [0.29, 0.717) is 13.1 Å². The molecule has 1 fully saturated rings. The van der Waals surface area contributed by atoms with Gasteiger partial charge in [-0.1, -0.05) is 13.8 Å². The maximum Gasteiger partial charge on any atom is 0.225 e. The number of rotatable bonds is 2. The number of carbonyl (C=O) groups is 2. The van der Waals surface area contributed by atoms with Crippen LogP contribution in [-0.2, 0) is 9.59 Å². The van der Waals surface area contributed by atoms with Crippen molar-refractivity contribution >= 4 is 11.8 Å². The number of hydrogen-bond donors (Lipinski definition) is 0. The first kappa shape index (κ1) is 13.0. The molecule has 0 N–H and O–H groups in total. The standard InChI is InChI=1S/C12H22N2O2/c1-4-10(2)12(16)14-7-5-6-13(8-9-14)11(3)15/h10H,4-9H2,1-3H3. The third-order valence-corrected chi connectivity index (χ3v) is 3.29. The summed E-state index contributed by atoms with van der Waals surface area (Å²) < 4.78 is 0. The summed E-state index contributed by atoms with van der Waals surface area (Å²) >= 11 is 0. The highest BCUT2D eigenvalue weighted by Crippen LogP contribution is 2.10. The van der Waals surface area contributed by atoms with E-state index < -0.39 is 0 Å². The molecule has 0 bridgehead atoms. The van der Waals surface area contributed by atoms with Crippen molar-refractivity contribution in [1.29, 1.82) is 0 Å². The zero-order valence-corrected chi connectivity index (χ0v) is 10.5. The Morgan fingerprint density at radius 1 is 1.12 bits per heavy atom. The summed E-state index contributed by atoms with van der Waals surface area (Å²) in [6.45, 7) is 8.51. The minimum atomic E-state index is 0.101. The predicted octanol–water partition coefficient (Wildman–Crippen LogP) is 1.11. The van der Waals surface area contributed by atoms with Crippen LogP contribution >= 0.6 is 0 Å². The molecule has 0 aromatic heterocycles. The summed E-state index contributed by atoms with van der Waals surface area (Å²) in [4.78, 5) is 26.9. The Balaban J connectivity index is 2.53. The summed E-state index contributed by atoms with van der Waals surface area (Å²) in [6.07, 6.45) is 1.77. The summed E-state index contributed by atoms with van der Waals surface area (Å²) in [5.41, 5.74) is 0. The maximum atomic E-state index is 12.0. The van der Waals surface area contributed by atoms with E-state index in [1.165, 1.54) is 0 Å². The van der Waals surface area contributed by atoms with E-state index in [2.05, 4.69) is 0 Å². The van der Waals surface area contributed by atoms with Crippen molar-refractivity contribution < 1.29 is 9.59 Å². The van der Waals surface area contributed by atoms with Crippen LogP contribution in [0.2, 0.25) is 0 Å². The first-order valence-corrected chi connectivity index (χ1v) is 6.10. The van der Waals surface area contributed by atoms with Crippen molar-refractivity contribution in [1.82, 2.24) is 9.80 Å². The molecule has 4 nitrogen and oxygen atoms in total. The maximum absolute atomic E-state index is 12.0. The van der Waals surface area contributed by atoms with E-state index in [0.717, 1.165) is 25.9 Å². The fraction of sp³-hybridized carbons (Fsp3) is 0.833. The largest absolute Gasteiger partial charge is 0.341 e. The zero-order chi connectivity index (χ0) is 12.1. The molecule has 1 unspecified atom stereocenters. The molecule has 92 valence electrons. The molecule has 0 aromatic carbocycles. The first-order chi connectivity index (χ1) is 7.56. The monoisotopic (exact) mass is 226 g/mol. The zero-order valence-electron chi connectivity index (χ0n) is 10.5. The van der Waals surface area contributed by atoms with Gasteiger partial charge in [0.1, 0.15) is 0 Å². The predicted molar refractivity (Wildman–Crippen MR) is 62.9 cm³/mol. The molecule has 1 rings (SSSR count). The highest BCUT2D eigenvalue weighted by Gasteiger charge is 2.22. The van der Waals surface area contributed by atoms with Gasteiger partial charge < -0.3 is 9.80 Å². The van der Waals surface area contributed by atoms with Gasteiger partial charge in [-0.3, -0.25) is 9.59 Å². The van der Waals surface area contributed by atoms with Crippen molar-refractivity contribution in [2.75, 3.05) is 26.2 Å². The Kier molecular flexibility index (Phi) is 4.77. The minimum Gasteiger partial charge on any atom is -0.341 e. The van der Waals surface area contributed by atoms with Gasteiger partial charge >= 0.3 is 0 Å². The third kappa shape index (κ3) is 3.22. The van der Waals surface area contributed by atoms with Crippen molar-refractivity contribution in [3.63, 3.8) is 0 Å². The summed E-state index contributed by atoms with van der Waals surface area (Å²) in [7, 11) is 0. The van der Waals surface area contributed by atoms with E-state index >= 15 is 0 Å². The smallest absolute Gasteiger partial charge is 0.225 e. The normalized spacial score (nSPS) is 19.2. The molecule has 0 aromatic rings. The molecular formula is C12H22N2O2. The van der Waals surface area contributed by atoms with Gasteiger partial charge in [0.25, 0.3) is 0 Å². The van der Waals surface area contributed by atoms with Gasteiger partial charge in [-0.15, -0.1) is 0 Å². The van der Waals surface area contributed by atoms with Gasteiger partial charge in [0.2, 0.25) is 11.8 Å². The fourth-order valence-corrected chi connectivity index (χ4v) is 1.94. The van der Waals surface area contributed by atoms with Gasteiger partial charge in [-0.25, -0.2) is 0 Å². The Hall–Kier alpha value is -1.06. The lowest BCUT2D eigenvalue weighted by atomic mass is 10.1. The molecule has 1 atom stereocenters. The van der Waals surface area contributed by atoms with Crippen molar-refractivity contribution in [2.45, 2.75) is 33.6 Å². The fourth-order valence-electron chi connectivity index (χ4n) is 1.94. The van der Waals surface area contributed by atoms with Gasteiger partial charge in [0.05, 0.1) is 0 Å². The molecule has 0 aliphatic carbocycles. The van der Waals surface area contributed by atoms with Gasteiger partial charge in [0, 0.05) is 39.0 Å². The molecule has 2 amide bonds. The lowest BCUT2D eigenvalue weighted by molar-refractivity contribution is -0.135. The van der Waals surface area contributed by atoms with Crippen LogP contribution in [0.3, 0.4) is 0 Å². The van der Waals surface area contributed by atoms with E-state index in [1.807, 2.05) is 23.6 Å². The molecule has 0 radical (unpaired) electrons. The van der Waals surface area contributed by atoms with Crippen molar-refractivity contribution in [3.8, 4) is 0 Å². The molecule has 1 saturated heterocycles. The summed E-state index contributed by atoms with van der Waals surface area (Å²) in [5, 5.41) is 0. The SMILES string of the molecule is CCC(C)C(=O)N1CCCN(C(C)=O)CC1. The second-order valence-corrected chi connectivity index (χ2v) is 4.49. The molecule has 1 aliphatic heterocycles. The van der Waals surface area contributed by atoms with Crippen LogP contribution in [0.5, 0.6) is 0 Å². The Morgan fingerprint density at radius 3 is 2.25 bits per heavy atom. The van der Waals surface area contributed by atoms with E-state index in [4.69, 9.17) is 0 Å². The summed E-state index contributed by atoms with van der Waals surface area (Å²) in [5.74, 6) is 0.439. The van der Waals surface area contributed by atoms with Gasteiger partial charge in [0.15, 0.2) is 0 Å². The topological polar surface area (TPSA) is 40.6 Å². The molecule has 4 heteroatoms. The van der Waals surface area contributed by atoms with Crippen LogP contribution in [0.4, 0.5) is 0 Å². The Bertz CT molecular complexity index is 266. The van der Waals surface area contributed by atoms with Crippen LogP contribution in [0.1, 0.15) is 33.6 Å². The number of carbonyl (C=O) groups excluding carboxylic acids is 2. The Morgan fingerprint density at radius 2 is 1.69 bits per heavy atom. The number of hydrogen-bond acceptors (Lipinski definition) is 2. The molecule has 0 saturated carbocycles. The lowest BCUT2D eigenvalue weighted by Gasteiger charge is -2.24. The lowest BCUT2D eigenvalue weighted by Crippen LogP contribution is -2.38. The van der Waals surface area contributed by atoms with E-state index in [1.54, 1.807) is 6.92 Å². The van der Waals surface area contributed by atoms with Crippen LogP contribution in [-0.4, -0.2) is 47.8 Å². The van der Waals surface area contributed by atoms with Crippen LogP contribution < -0.4 is 0 Å². The quantitative estimate of drug-likeness (QED) is 0.708. The van der Waals surface area contributed by atoms with Crippen LogP contribution in [0, 0.1) is 5.92 Å². The van der Waals surface area contributed by atoms with E-state index in [9.17, 15) is 9.59 Å². The minimum absolute atomic E-state index is 0.101. The second kappa shape index (κ2) is 5.87. The summed E-state index contributed by atoms with van der Waals surface area (Å²) in [6, 6.07) is 0. The first-order valence-electron chi connectivity index (χ1n) is 6.10. The van der Waals surface area contributed by atoms with Crippen LogP contribution in [0.15, 0.2) is 0 Å². The second-order valence-electron chi connectivity index (χ2n) is 4.49. The van der Waals surface area contributed by atoms with Gasteiger partial charge in [-0.05, 0) is 12.8 Å². The van der Waals surface area contributed by atoms with Crippen molar-refractivity contribution in [3.05, 3.63) is 0 Å². The highest BCUT2D eigenvalue weighted by atomic mass is 16.2. The van der Waals surface area contributed by atoms with E-state index in [-0.39, 0.29) is 17.7 Å². The average molecular weight is 226 g/mol.